The van der Waals surface area contributed by atoms with Crippen molar-refractivity contribution in [1.82, 2.24) is 5.32 Å². The zero-order valence-electron chi connectivity index (χ0n) is 20.4. The zero-order valence-corrected chi connectivity index (χ0v) is 22.5. The maximum absolute atomic E-state index is 12.2. The molecule has 0 heterocycles. The van der Waals surface area contributed by atoms with E-state index >= 15 is 0 Å². The second kappa shape index (κ2) is 19.4. The number of halogens is 1. The Hall–Kier alpha value is -1.11. The smallest absolute Gasteiger partial charge is 0.259 e. The third-order valence-electron chi connectivity index (χ3n) is 5.97. The molecule has 0 saturated carbocycles. The van der Waals surface area contributed by atoms with Gasteiger partial charge in [0.25, 0.3) is 5.91 Å². The van der Waals surface area contributed by atoms with Crippen LogP contribution in [0.1, 0.15) is 133 Å². The summed E-state index contributed by atoms with van der Waals surface area (Å²) in [4.78, 5) is 23.3. The maximum Gasteiger partial charge on any atom is 0.259 e. The normalized spacial score (nSPS) is 10.9. The van der Waals surface area contributed by atoms with Crippen molar-refractivity contribution in [1.29, 1.82) is 0 Å². The number of aryl methyl sites for hydroxylation is 1. The highest BCUT2D eigenvalue weighted by atomic mass is 127. The van der Waals surface area contributed by atoms with Crippen molar-refractivity contribution in [2.24, 2.45) is 0 Å². The predicted molar refractivity (Wildman–Crippen MR) is 141 cm³/mol. The van der Waals surface area contributed by atoms with Gasteiger partial charge < -0.3 is 0 Å². The largest absolute Gasteiger partial charge is 0.293 e. The second-order valence-corrected chi connectivity index (χ2v) is 10.6. The summed E-state index contributed by atoms with van der Waals surface area (Å²) in [6.07, 6.45) is 22.5. The quantitative estimate of drug-likeness (QED) is 0.138. The van der Waals surface area contributed by atoms with Crippen molar-refractivity contribution < 1.29 is 12.7 Å². The van der Waals surface area contributed by atoms with E-state index < -0.39 is 33.0 Å². The Balaban J connectivity index is 2.06. The van der Waals surface area contributed by atoms with Gasteiger partial charge >= 0.3 is 0 Å². The van der Waals surface area contributed by atoms with Gasteiger partial charge in [0.2, 0.25) is 5.91 Å². The van der Waals surface area contributed by atoms with Gasteiger partial charge in [0.1, 0.15) is 0 Å². The van der Waals surface area contributed by atoms with E-state index in [1.807, 2.05) is 6.07 Å². The van der Waals surface area contributed by atoms with E-state index in [2.05, 4.69) is 12.2 Å². The summed E-state index contributed by atoms with van der Waals surface area (Å²) >= 11 is -1.44. The molecule has 0 aliphatic carbocycles. The monoisotopic (exact) mass is 557 g/mol. The molecule has 0 bridgehead atoms. The molecule has 1 rings (SSSR count). The minimum Gasteiger partial charge on any atom is -0.293 e. The van der Waals surface area contributed by atoms with Crippen LogP contribution in [0.5, 0.6) is 0 Å². The van der Waals surface area contributed by atoms with Gasteiger partial charge in [0.05, 0.1) is 9.13 Å². The number of benzene rings is 1. The van der Waals surface area contributed by atoms with Crippen LogP contribution in [0.25, 0.3) is 0 Å². The number of rotatable bonds is 19. The first-order valence-corrected chi connectivity index (χ1v) is 14.8. The number of hydrogen-bond acceptors (Lipinski definition) is 3. The van der Waals surface area contributed by atoms with E-state index in [1.54, 1.807) is 12.1 Å². The van der Waals surface area contributed by atoms with Gasteiger partial charge in [0, 0.05) is 6.92 Å². The lowest BCUT2D eigenvalue weighted by Crippen LogP contribution is -2.28. The average molecular weight is 558 g/mol. The van der Waals surface area contributed by atoms with Crippen LogP contribution in [0.15, 0.2) is 18.2 Å². The summed E-state index contributed by atoms with van der Waals surface area (Å²) in [6, 6.07) is 5.54. The van der Waals surface area contributed by atoms with Gasteiger partial charge in [-0.2, -0.15) is 0 Å². The average Bonchev–Trinajstić information content (AvgIpc) is 2.78. The highest BCUT2D eigenvalue weighted by Gasteiger charge is 2.14. The Morgan fingerprint density at radius 1 is 0.750 bits per heavy atom. The van der Waals surface area contributed by atoms with Crippen LogP contribution in [0, 0.1) is 3.57 Å². The number of unbranched alkanes of at least 4 members (excludes halogenated alkanes) is 15. The fraction of sp³-hybridized carbons (Fsp3) is 0.704. The molecule has 2 amide bonds. The molecule has 5 heteroatoms. The molecule has 0 radical (unpaired) electrons. The van der Waals surface area contributed by atoms with Crippen molar-refractivity contribution >= 4 is 33.0 Å². The molecule has 0 fully saturated rings. The lowest BCUT2D eigenvalue weighted by Gasteiger charge is -2.08. The maximum atomic E-state index is 12.2. The summed E-state index contributed by atoms with van der Waals surface area (Å²) in [6.45, 7) is 3.58. The molecule has 0 saturated heterocycles. The number of carbonyl (C=O) groups excluding carboxylic acids is 2. The topological polar surface area (TPSA) is 63.2 Å². The molecule has 0 atom stereocenters. The lowest BCUT2D eigenvalue weighted by atomic mass is 10.0. The van der Waals surface area contributed by atoms with Crippen molar-refractivity contribution in [3.8, 4) is 0 Å². The van der Waals surface area contributed by atoms with Crippen molar-refractivity contribution in [2.75, 3.05) is 0 Å². The van der Waals surface area contributed by atoms with E-state index in [-0.39, 0.29) is 0 Å². The Bertz CT molecular complexity index is 675. The van der Waals surface area contributed by atoms with E-state index in [9.17, 15) is 12.7 Å². The molecule has 0 spiro atoms. The van der Waals surface area contributed by atoms with Crippen molar-refractivity contribution in [3.05, 3.63) is 32.9 Å². The van der Waals surface area contributed by atoms with Gasteiger partial charge in [-0.3, -0.25) is 18.0 Å². The number of amides is 2. The van der Waals surface area contributed by atoms with Gasteiger partial charge in [-0.1, -0.05) is 109 Å². The lowest BCUT2D eigenvalue weighted by molar-refractivity contribution is -0.118. The van der Waals surface area contributed by atoms with Gasteiger partial charge in [-0.05, 0) is 30.5 Å². The predicted octanol–water partition coefficient (Wildman–Crippen LogP) is 8.25. The van der Waals surface area contributed by atoms with Crippen molar-refractivity contribution in [3.63, 3.8) is 0 Å². The highest BCUT2D eigenvalue weighted by molar-refractivity contribution is 14.1. The molecule has 4 nitrogen and oxygen atoms in total. The Morgan fingerprint density at radius 3 is 1.66 bits per heavy atom. The Morgan fingerprint density at radius 2 is 1.22 bits per heavy atom. The van der Waals surface area contributed by atoms with Crippen LogP contribution in [0.2, 0.25) is 0 Å². The number of nitrogens with one attached hydrogen (secondary N) is 1. The minimum atomic E-state index is -1.44. The molecule has 0 unspecified atom stereocenters. The summed E-state index contributed by atoms with van der Waals surface area (Å²) in [5, 5.41) is 2.29. The molecule has 32 heavy (non-hydrogen) atoms. The zero-order chi connectivity index (χ0) is 23.4. The number of carbonyl (C=O) groups is 2. The Labute approximate surface area is 206 Å². The summed E-state index contributed by atoms with van der Waals surface area (Å²) < 4.78 is 12.0. The fourth-order valence-corrected chi connectivity index (χ4v) is 5.04. The van der Waals surface area contributed by atoms with Crippen LogP contribution in [0.4, 0.5) is 0 Å². The molecule has 1 N–H and O–H groups in total. The van der Waals surface area contributed by atoms with Crippen LogP contribution in [-0.2, 0) is 14.3 Å². The van der Waals surface area contributed by atoms with Crippen LogP contribution < -0.4 is 5.32 Å². The first kappa shape index (κ1) is 28.9. The minimum absolute atomic E-state index is 0.386. The fourth-order valence-electron chi connectivity index (χ4n) is 4.07. The summed E-state index contributed by atoms with van der Waals surface area (Å²) in [7, 11) is 0. The van der Waals surface area contributed by atoms with Crippen LogP contribution in [0.3, 0.4) is 0 Å². The Kier molecular flexibility index (Phi) is 17.5. The van der Waals surface area contributed by atoms with Crippen LogP contribution >= 0.6 is 21.2 Å². The molecular formula is C27H44INO3. The first-order valence-electron chi connectivity index (χ1n) is 12.8. The summed E-state index contributed by atoms with van der Waals surface area (Å²) in [5.41, 5.74) is 1.46. The van der Waals surface area contributed by atoms with Gasteiger partial charge in [-0.15, -0.1) is 0 Å². The first-order chi connectivity index (χ1) is 15.6. The molecule has 0 aliphatic rings. The van der Waals surface area contributed by atoms with Gasteiger partial charge in [0.15, 0.2) is 21.2 Å². The van der Waals surface area contributed by atoms with E-state index in [1.165, 1.54) is 103 Å². The third-order valence-corrected chi connectivity index (χ3v) is 7.38. The SMILES string of the molecule is CCCCCCCCCCCCCCCCCCc1ccc(I=O)c(C(=O)NC(C)=O)c1. The van der Waals surface area contributed by atoms with Crippen molar-refractivity contribution in [2.45, 2.75) is 123 Å². The van der Waals surface area contributed by atoms with Gasteiger partial charge in [-0.25, -0.2) is 0 Å². The molecule has 182 valence electrons. The van der Waals surface area contributed by atoms with Crippen LogP contribution in [-0.4, -0.2) is 11.8 Å². The standard InChI is InChI=1S/C27H44INO3/c1-3-4-5-6-7-8-9-10-11-12-13-14-15-16-17-18-19-24-20-21-26(28-32)25(22-24)27(31)29-23(2)30/h20-22H,3-19H2,1-2H3,(H,29,30,31). The molecular weight excluding hydrogens is 513 g/mol. The molecule has 0 aliphatic heterocycles. The van der Waals surface area contributed by atoms with E-state index in [0.717, 1.165) is 18.4 Å². The number of imide groups is 1. The van der Waals surface area contributed by atoms with E-state index in [4.69, 9.17) is 0 Å². The molecule has 1 aromatic carbocycles. The highest BCUT2D eigenvalue weighted by Crippen LogP contribution is 2.20. The number of hydrogen-bond donors (Lipinski definition) is 1. The molecule has 0 aromatic heterocycles. The molecule has 1 aromatic rings. The third kappa shape index (κ3) is 14.1. The van der Waals surface area contributed by atoms with E-state index in [0.29, 0.717) is 9.13 Å². The second-order valence-electron chi connectivity index (χ2n) is 8.95. The summed E-state index contributed by atoms with van der Waals surface area (Å²) in [5.74, 6) is -0.842.